The van der Waals surface area contributed by atoms with E-state index in [1.165, 1.54) is 11.9 Å². The highest BCUT2D eigenvalue weighted by Gasteiger charge is 2.09. The van der Waals surface area contributed by atoms with Gasteiger partial charge in [-0.15, -0.1) is 12.4 Å². The van der Waals surface area contributed by atoms with Gasteiger partial charge in [0.25, 0.3) is 0 Å². The van der Waals surface area contributed by atoms with Crippen LogP contribution in [0.5, 0.6) is 0 Å². The number of benzene rings is 1. The Hall–Kier alpha value is -2.32. The van der Waals surface area contributed by atoms with Gasteiger partial charge in [-0.2, -0.15) is 0 Å². The number of morpholine rings is 1. The first-order chi connectivity index (χ1) is 13.3. The molecule has 0 aliphatic carbocycles. The van der Waals surface area contributed by atoms with Gasteiger partial charge in [0.15, 0.2) is 5.82 Å². The van der Waals surface area contributed by atoms with Crippen molar-refractivity contribution in [3.05, 3.63) is 48.3 Å². The van der Waals surface area contributed by atoms with Gasteiger partial charge in [0.1, 0.15) is 11.8 Å². The summed E-state index contributed by atoms with van der Waals surface area (Å²) in [4.78, 5) is 15.3. The summed E-state index contributed by atoms with van der Waals surface area (Å²) in [6.07, 6.45) is 1.46. The lowest BCUT2D eigenvalue weighted by Crippen LogP contribution is -2.40. The monoisotopic (exact) mass is 400 g/mol. The Balaban J connectivity index is 0.00000225. The van der Waals surface area contributed by atoms with Crippen molar-refractivity contribution in [1.29, 1.82) is 0 Å². The largest absolute Gasteiger partial charge is 0.382 e. The van der Waals surface area contributed by atoms with Crippen LogP contribution < -0.4 is 11.1 Å². The van der Waals surface area contributed by atoms with Crippen molar-refractivity contribution in [1.82, 2.24) is 25.2 Å². The molecular formula is C20H25ClN6O. The van der Waals surface area contributed by atoms with E-state index in [0.717, 1.165) is 62.7 Å². The first kappa shape index (κ1) is 20.4. The lowest BCUT2D eigenvalue weighted by atomic mass is 10.1. The molecule has 148 valence electrons. The van der Waals surface area contributed by atoms with Crippen LogP contribution in [0.25, 0.3) is 22.3 Å². The quantitative estimate of drug-likeness (QED) is 0.612. The Morgan fingerprint density at radius 1 is 1.11 bits per heavy atom. The van der Waals surface area contributed by atoms with Gasteiger partial charge in [-0.25, -0.2) is 15.0 Å². The van der Waals surface area contributed by atoms with Crippen LogP contribution in [0.4, 0.5) is 5.82 Å². The molecule has 0 amide bonds. The zero-order chi connectivity index (χ0) is 18.5. The molecule has 28 heavy (non-hydrogen) atoms. The maximum atomic E-state index is 5.94. The Morgan fingerprint density at radius 3 is 2.82 bits per heavy atom. The number of pyridine rings is 1. The zero-order valence-electron chi connectivity index (χ0n) is 15.7. The Labute approximate surface area is 170 Å². The Bertz CT molecular complexity index is 916. The number of hydrogen-bond acceptors (Lipinski definition) is 7. The molecule has 3 aromatic rings. The van der Waals surface area contributed by atoms with Crippen molar-refractivity contribution < 1.29 is 4.74 Å². The van der Waals surface area contributed by atoms with E-state index in [9.17, 15) is 0 Å². The van der Waals surface area contributed by atoms with Crippen molar-refractivity contribution in [2.24, 2.45) is 0 Å². The van der Waals surface area contributed by atoms with Gasteiger partial charge in [-0.3, -0.25) is 4.90 Å². The summed E-state index contributed by atoms with van der Waals surface area (Å²) in [5, 5.41) is 3.52. The first-order valence-electron chi connectivity index (χ1n) is 9.27. The number of nitrogens with two attached hydrogens (primary N) is 1. The van der Waals surface area contributed by atoms with E-state index >= 15 is 0 Å². The number of hydrogen-bond donors (Lipinski definition) is 2. The van der Waals surface area contributed by atoms with Crippen LogP contribution in [0.15, 0.2) is 42.7 Å². The lowest BCUT2D eigenvalue weighted by Gasteiger charge is -2.26. The maximum absolute atomic E-state index is 5.94. The molecule has 3 heterocycles. The summed E-state index contributed by atoms with van der Waals surface area (Å²) >= 11 is 0. The summed E-state index contributed by atoms with van der Waals surface area (Å²) in [7, 11) is 0. The molecule has 0 atom stereocenters. The van der Waals surface area contributed by atoms with E-state index in [1.54, 1.807) is 0 Å². The average Bonchev–Trinajstić information content (AvgIpc) is 2.72. The molecule has 2 aromatic heterocycles. The first-order valence-corrected chi connectivity index (χ1v) is 9.27. The smallest absolute Gasteiger partial charge is 0.153 e. The summed E-state index contributed by atoms with van der Waals surface area (Å²) in [6.45, 7) is 6.58. The van der Waals surface area contributed by atoms with E-state index in [1.807, 2.05) is 12.1 Å². The molecule has 1 saturated heterocycles. The molecule has 1 fully saturated rings. The third-order valence-electron chi connectivity index (χ3n) is 4.77. The maximum Gasteiger partial charge on any atom is 0.153 e. The Kier molecular flexibility index (Phi) is 7.11. The second-order valence-corrected chi connectivity index (χ2v) is 6.65. The normalized spacial score (nSPS) is 14.7. The minimum Gasteiger partial charge on any atom is -0.382 e. The van der Waals surface area contributed by atoms with Gasteiger partial charge in [0, 0.05) is 38.3 Å². The molecule has 1 aliphatic rings. The van der Waals surface area contributed by atoms with Gasteiger partial charge in [-0.1, -0.05) is 18.2 Å². The summed E-state index contributed by atoms with van der Waals surface area (Å²) in [5.41, 5.74) is 10.5. The fraction of sp³-hybridized carbons (Fsp3) is 0.350. The molecule has 0 spiro atoms. The summed E-state index contributed by atoms with van der Waals surface area (Å²) < 4.78 is 5.38. The van der Waals surface area contributed by atoms with E-state index < -0.39 is 0 Å². The molecule has 0 bridgehead atoms. The molecule has 0 radical (unpaired) electrons. The minimum absolute atomic E-state index is 0. The standard InChI is InChI=1S/C20H24N6O.ClH/c21-20-19-18(23-14-24-20)5-4-17(25-19)16-3-1-2-15(12-16)13-22-6-7-26-8-10-27-11-9-26;/h1-5,12,14,22H,6-11,13H2,(H2,21,23,24);1H. The summed E-state index contributed by atoms with van der Waals surface area (Å²) in [6, 6.07) is 12.3. The Morgan fingerprint density at radius 2 is 1.96 bits per heavy atom. The van der Waals surface area contributed by atoms with Crippen LogP contribution in [0, 0.1) is 0 Å². The molecule has 8 heteroatoms. The SMILES string of the molecule is Cl.Nc1ncnc2ccc(-c3cccc(CNCCN4CCOCC4)c3)nc12. The van der Waals surface area contributed by atoms with E-state index in [2.05, 4.69) is 49.4 Å². The van der Waals surface area contributed by atoms with Crippen molar-refractivity contribution in [3.8, 4) is 11.3 Å². The third kappa shape index (κ3) is 4.94. The lowest BCUT2D eigenvalue weighted by molar-refractivity contribution is 0.0384. The average molecular weight is 401 g/mol. The van der Waals surface area contributed by atoms with Crippen LogP contribution in [0.3, 0.4) is 0 Å². The molecule has 0 saturated carbocycles. The highest BCUT2D eigenvalue weighted by molar-refractivity contribution is 5.86. The number of nitrogens with one attached hydrogen (secondary N) is 1. The van der Waals surface area contributed by atoms with Crippen LogP contribution in [-0.4, -0.2) is 59.2 Å². The zero-order valence-corrected chi connectivity index (χ0v) is 16.5. The molecule has 1 aliphatic heterocycles. The van der Waals surface area contributed by atoms with Crippen molar-refractivity contribution in [2.45, 2.75) is 6.54 Å². The van der Waals surface area contributed by atoms with Gasteiger partial charge in [-0.05, 0) is 23.8 Å². The van der Waals surface area contributed by atoms with Crippen molar-refractivity contribution in [2.75, 3.05) is 45.1 Å². The van der Waals surface area contributed by atoms with Gasteiger partial charge < -0.3 is 15.8 Å². The fourth-order valence-electron chi connectivity index (χ4n) is 3.25. The van der Waals surface area contributed by atoms with E-state index in [-0.39, 0.29) is 12.4 Å². The van der Waals surface area contributed by atoms with Gasteiger partial charge >= 0.3 is 0 Å². The second-order valence-electron chi connectivity index (χ2n) is 6.65. The number of nitrogen functional groups attached to an aromatic ring is 1. The number of halogens is 1. The topological polar surface area (TPSA) is 89.2 Å². The molecule has 3 N–H and O–H groups in total. The minimum atomic E-state index is 0. The third-order valence-corrected chi connectivity index (χ3v) is 4.77. The molecule has 4 rings (SSSR count). The predicted octanol–water partition coefficient (Wildman–Crippen LogP) is 2.12. The summed E-state index contributed by atoms with van der Waals surface area (Å²) in [5.74, 6) is 0.405. The van der Waals surface area contributed by atoms with Crippen molar-refractivity contribution >= 4 is 29.3 Å². The molecule has 1 aromatic carbocycles. The van der Waals surface area contributed by atoms with Crippen LogP contribution in [-0.2, 0) is 11.3 Å². The number of fused-ring (bicyclic) bond motifs is 1. The second kappa shape index (κ2) is 9.75. The molecular weight excluding hydrogens is 376 g/mol. The number of aromatic nitrogens is 3. The van der Waals surface area contributed by atoms with Gasteiger partial charge in [0.05, 0.1) is 24.4 Å². The number of ether oxygens (including phenoxy) is 1. The molecule has 7 nitrogen and oxygen atoms in total. The fourth-order valence-corrected chi connectivity index (χ4v) is 3.25. The number of rotatable bonds is 6. The van der Waals surface area contributed by atoms with E-state index in [0.29, 0.717) is 11.3 Å². The molecule has 0 unspecified atom stereocenters. The highest BCUT2D eigenvalue weighted by atomic mass is 35.5. The highest BCUT2D eigenvalue weighted by Crippen LogP contribution is 2.22. The van der Waals surface area contributed by atoms with Crippen LogP contribution >= 0.6 is 12.4 Å². The number of nitrogens with zero attached hydrogens (tertiary/aromatic N) is 4. The van der Waals surface area contributed by atoms with Gasteiger partial charge in [0.2, 0.25) is 0 Å². The van der Waals surface area contributed by atoms with E-state index in [4.69, 9.17) is 10.5 Å². The number of anilines is 1. The van der Waals surface area contributed by atoms with Crippen molar-refractivity contribution in [3.63, 3.8) is 0 Å². The van der Waals surface area contributed by atoms with Crippen LogP contribution in [0.1, 0.15) is 5.56 Å². The predicted molar refractivity (Wildman–Crippen MR) is 113 cm³/mol. The van der Waals surface area contributed by atoms with Crippen LogP contribution in [0.2, 0.25) is 0 Å².